The average molecular weight is 318 g/mol. The van der Waals surface area contributed by atoms with Crippen LogP contribution in [-0.2, 0) is 19.6 Å². The highest BCUT2D eigenvalue weighted by Crippen LogP contribution is 2.30. The van der Waals surface area contributed by atoms with E-state index in [0.29, 0.717) is 12.2 Å². The van der Waals surface area contributed by atoms with E-state index in [-0.39, 0.29) is 5.91 Å². The summed E-state index contributed by atoms with van der Waals surface area (Å²) in [6.45, 7) is 2.14. The SMILES string of the molecule is NC(=O)c1ccc2n1Cc1ccccc1N(Cc1cccnc1)C2. The van der Waals surface area contributed by atoms with Crippen molar-refractivity contribution in [2.75, 3.05) is 4.90 Å². The van der Waals surface area contributed by atoms with Crippen molar-refractivity contribution >= 4 is 11.6 Å². The Morgan fingerprint density at radius 3 is 2.75 bits per heavy atom. The Bertz CT molecular complexity index is 885. The molecule has 24 heavy (non-hydrogen) atoms. The first kappa shape index (κ1) is 14.5. The lowest BCUT2D eigenvalue weighted by Gasteiger charge is -2.24. The average Bonchev–Trinajstić information content (AvgIpc) is 2.92. The van der Waals surface area contributed by atoms with Crippen molar-refractivity contribution < 1.29 is 4.79 Å². The van der Waals surface area contributed by atoms with Gasteiger partial charge in [0.05, 0.1) is 13.1 Å². The number of nitrogens with two attached hydrogens (primary N) is 1. The molecule has 1 amide bonds. The summed E-state index contributed by atoms with van der Waals surface area (Å²) in [6, 6.07) is 16.1. The lowest BCUT2D eigenvalue weighted by Crippen LogP contribution is -2.22. The van der Waals surface area contributed by atoms with E-state index in [4.69, 9.17) is 5.73 Å². The summed E-state index contributed by atoms with van der Waals surface area (Å²) in [5.74, 6) is -0.389. The number of benzene rings is 1. The van der Waals surface area contributed by atoms with Crippen molar-refractivity contribution in [3.8, 4) is 0 Å². The molecule has 1 aromatic carbocycles. The van der Waals surface area contributed by atoms with Crippen LogP contribution in [0.1, 0.15) is 27.3 Å². The van der Waals surface area contributed by atoms with Gasteiger partial charge in [-0.25, -0.2) is 0 Å². The third-order valence-corrected chi connectivity index (χ3v) is 4.43. The monoisotopic (exact) mass is 318 g/mol. The molecule has 120 valence electrons. The third-order valence-electron chi connectivity index (χ3n) is 4.43. The zero-order valence-corrected chi connectivity index (χ0v) is 13.2. The van der Waals surface area contributed by atoms with Gasteiger partial charge in [-0.05, 0) is 35.4 Å². The van der Waals surface area contributed by atoms with Crippen LogP contribution in [0, 0.1) is 0 Å². The van der Waals surface area contributed by atoms with Crippen LogP contribution in [0.4, 0.5) is 5.69 Å². The van der Waals surface area contributed by atoms with E-state index in [1.807, 2.05) is 41.1 Å². The summed E-state index contributed by atoms with van der Waals surface area (Å²) >= 11 is 0. The van der Waals surface area contributed by atoms with Crippen LogP contribution in [0.15, 0.2) is 60.9 Å². The predicted octanol–water partition coefficient (Wildman–Crippen LogP) is 2.55. The van der Waals surface area contributed by atoms with Gasteiger partial charge in [-0.2, -0.15) is 0 Å². The maximum absolute atomic E-state index is 11.7. The lowest BCUT2D eigenvalue weighted by molar-refractivity contribution is 0.0991. The molecule has 1 aliphatic rings. The molecule has 5 nitrogen and oxygen atoms in total. The summed E-state index contributed by atoms with van der Waals surface area (Å²) in [5.41, 5.74) is 10.7. The van der Waals surface area contributed by atoms with Gasteiger partial charge in [0.25, 0.3) is 5.91 Å². The molecule has 1 aliphatic heterocycles. The molecule has 0 atom stereocenters. The van der Waals surface area contributed by atoms with Gasteiger partial charge < -0.3 is 15.2 Å². The Balaban J connectivity index is 1.78. The van der Waals surface area contributed by atoms with Crippen LogP contribution in [0.25, 0.3) is 0 Å². The topological polar surface area (TPSA) is 64.2 Å². The predicted molar refractivity (Wildman–Crippen MR) is 92.6 cm³/mol. The highest BCUT2D eigenvalue weighted by atomic mass is 16.1. The zero-order valence-electron chi connectivity index (χ0n) is 13.2. The van der Waals surface area contributed by atoms with E-state index in [2.05, 4.69) is 28.1 Å². The maximum Gasteiger partial charge on any atom is 0.265 e. The number of pyridine rings is 1. The fourth-order valence-electron chi connectivity index (χ4n) is 3.31. The fraction of sp³-hybridized carbons (Fsp3) is 0.158. The number of hydrogen-bond acceptors (Lipinski definition) is 3. The lowest BCUT2D eigenvalue weighted by atomic mass is 10.1. The first-order chi connectivity index (χ1) is 11.7. The first-order valence-electron chi connectivity index (χ1n) is 7.92. The molecule has 5 heteroatoms. The third kappa shape index (κ3) is 2.54. The van der Waals surface area contributed by atoms with Crippen molar-refractivity contribution in [3.63, 3.8) is 0 Å². The number of carbonyl (C=O) groups excluding carboxylic acids is 1. The molecule has 0 aliphatic carbocycles. The number of rotatable bonds is 3. The molecule has 4 rings (SSSR count). The molecule has 0 saturated carbocycles. The Morgan fingerprint density at radius 2 is 1.96 bits per heavy atom. The summed E-state index contributed by atoms with van der Waals surface area (Å²) in [7, 11) is 0. The zero-order chi connectivity index (χ0) is 16.5. The molecule has 0 spiro atoms. The quantitative estimate of drug-likeness (QED) is 0.807. The minimum absolute atomic E-state index is 0.389. The molecule has 3 heterocycles. The van der Waals surface area contributed by atoms with E-state index in [0.717, 1.165) is 24.3 Å². The molecule has 2 N–H and O–H groups in total. The van der Waals surface area contributed by atoms with Gasteiger partial charge in [0.2, 0.25) is 0 Å². The maximum atomic E-state index is 11.7. The number of aromatic nitrogens is 2. The molecule has 0 unspecified atom stereocenters. The highest BCUT2D eigenvalue weighted by Gasteiger charge is 2.22. The van der Waals surface area contributed by atoms with Gasteiger partial charge in [0, 0.05) is 30.3 Å². The molecule has 0 fully saturated rings. The summed E-state index contributed by atoms with van der Waals surface area (Å²) in [5, 5.41) is 0. The van der Waals surface area contributed by atoms with Gasteiger partial charge >= 0.3 is 0 Å². The van der Waals surface area contributed by atoms with E-state index in [1.54, 1.807) is 6.20 Å². The smallest absolute Gasteiger partial charge is 0.265 e. The van der Waals surface area contributed by atoms with E-state index in [1.165, 1.54) is 11.3 Å². The van der Waals surface area contributed by atoms with Crippen molar-refractivity contribution in [2.24, 2.45) is 5.73 Å². The molecule has 2 aromatic heterocycles. The minimum Gasteiger partial charge on any atom is -0.364 e. The molecular weight excluding hydrogens is 300 g/mol. The number of para-hydroxylation sites is 1. The highest BCUT2D eigenvalue weighted by molar-refractivity contribution is 5.91. The molecule has 0 bridgehead atoms. The van der Waals surface area contributed by atoms with Gasteiger partial charge in [-0.1, -0.05) is 24.3 Å². The van der Waals surface area contributed by atoms with Gasteiger partial charge in [-0.15, -0.1) is 0 Å². The molecule has 0 saturated heterocycles. The van der Waals surface area contributed by atoms with Crippen molar-refractivity contribution in [3.05, 3.63) is 83.4 Å². The number of anilines is 1. The first-order valence-corrected chi connectivity index (χ1v) is 7.92. The minimum atomic E-state index is -0.389. The number of primary amides is 1. The van der Waals surface area contributed by atoms with Gasteiger partial charge in [0.1, 0.15) is 5.69 Å². The number of nitrogens with zero attached hydrogens (tertiary/aromatic N) is 3. The summed E-state index contributed by atoms with van der Waals surface area (Å²) in [6.07, 6.45) is 3.67. The van der Waals surface area contributed by atoms with Crippen LogP contribution in [0.3, 0.4) is 0 Å². The number of hydrogen-bond donors (Lipinski definition) is 1. The molecule has 0 radical (unpaired) electrons. The van der Waals surface area contributed by atoms with Gasteiger partial charge in [-0.3, -0.25) is 9.78 Å². The molecular formula is C19H18N4O. The second-order valence-corrected chi connectivity index (χ2v) is 6.01. The second-order valence-electron chi connectivity index (χ2n) is 6.01. The largest absolute Gasteiger partial charge is 0.364 e. The Labute approximate surface area is 140 Å². The van der Waals surface area contributed by atoms with Crippen LogP contribution >= 0.6 is 0 Å². The standard InChI is InChI=1S/C19H18N4O/c20-19(24)18-8-7-16-13-22(11-14-4-3-9-21-10-14)17-6-2-1-5-15(17)12-23(16)18/h1-10H,11-13H2,(H2,20,24). The Hall–Kier alpha value is -3.08. The van der Waals surface area contributed by atoms with Crippen molar-refractivity contribution in [1.82, 2.24) is 9.55 Å². The molecule has 3 aromatic rings. The summed E-state index contributed by atoms with van der Waals surface area (Å²) < 4.78 is 2.02. The number of fused-ring (bicyclic) bond motifs is 2. The van der Waals surface area contributed by atoms with Crippen LogP contribution in [-0.4, -0.2) is 15.5 Å². The van der Waals surface area contributed by atoms with E-state index in [9.17, 15) is 4.79 Å². The van der Waals surface area contributed by atoms with Crippen molar-refractivity contribution in [1.29, 1.82) is 0 Å². The van der Waals surface area contributed by atoms with E-state index >= 15 is 0 Å². The van der Waals surface area contributed by atoms with E-state index < -0.39 is 0 Å². The normalized spacial score (nSPS) is 13.1. The van der Waals surface area contributed by atoms with Crippen LogP contribution in [0.5, 0.6) is 0 Å². The fourth-order valence-corrected chi connectivity index (χ4v) is 3.31. The Kier molecular flexibility index (Phi) is 3.54. The van der Waals surface area contributed by atoms with Gasteiger partial charge in [0.15, 0.2) is 0 Å². The number of amides is 1. The summed E-state index contributed by atoms with van der Waals surface area (Å²) in [4.78, 5) is 18.2. The second kappa shape index (κ2) is 5.85. The van der Waals surface area contributed by atoms with Crippen molar-refractivity contribution in [2.45, 2.75) is 19.6 Å². The van der Waals surface area contributed by atoms with Crippen LogP contribution < -0.4 is 10.6 Å². The number of carbonyl (C=O) groups is 1. The Morgan fingerprint density at radius 1 is 1.08 bits per heavy atom. The van der Waals surface area contributed by atoms with Crippen LogP contribution in [0.2, 0.25) is 0 Å².